The van der Waals surface area contributed by atoms with Crippen molar-refractivity contribution in [3.63, 3.8) is 0 Å². The van der Waals surface area contributed by atoms with Gasteiger partial charge in [-0.15, -0.1) is 0 Å². The highest BCUT2D eigenvalue weighted by Gasteiger charge is 2.17. The minimum Gasteiger partial charge on any atom is -0.508 e. The number of carboxylic acid groups (broad SMARTS) is 1. The Labute approximate surface area is 92.3 Å². The first kappa shape index (κ1) is 11.8. The third kappa shape index (κ3) is 2.84. The molecule has 0 aliphatic carbocycles. The summed E-state index contributed by atoms with van der Waals surface area (Å²) in [5.41, 5.74) is 6.54. The van der Waals surface area contributed by atoms with E-state index in [1.165, 1.54) is 6.07 Å². The highest BCUT2D eigenvalue weighted by atomic mass is 35.5. The van der Waals surface area contributed by atoms with Crippen LogP contribution in [0.4, 0.5) is 0 Å². The number of aromatic hydroxyl groups is 1. The molecular formula is C10H12ClNO3. The number of aliphatic carboxylic acids is 1. The molecule has 0 aliphatic rings. The molecule has 15 heavy (non-hydrogen) atoms. The maximum Gasteiger partial charge on any atom is 0.320 e. The van der Waals surface area contributed by atoms with Gasteiger partial charge in [0, 0.05) is 17.0 Å². The summed E-state index contributed by atoms with van der Waals surface area (Å²) in [5, 5.41) is 18.5. The van der Waals surface area contributed by atoms with E-state index in [1.807, 2.05) is 0 Å². The van der Waals surface area contributed by atoms with Crippen LogP contribution in [-0.4, -0.2) is 22.2 Å². The SMILES string of the molecule is Cc1cc(O)c(CC(N)C(=O)O)c(Cl)c1. The minimum atomic E-state index is -1.12. The molecule has 0 fully saturated rings. The van der Waals surface area contributed by atoms with E-state index in [1.54, 1.807) is 13.0 Å². The molecule has 0 aromatic heterocycles. The molecule has 0 radical (unpaired) electrons. The molecule has 1 rings (SSSR count). The van der Waals surface area contributed by atoms with Gasteiger partial charge in [0.05, 0.1) is 0 Å². The van der Waals surface area contributed by atoms with Gasteiger partial charge in [0.15, 0.2) is 0 Å². The number of hydrogen-bond acceptors (Lipinski definition) is 3. The van der Waals surface area contributed by atoms with Crippen molar-refractivity contribution in [2.24, 2.45) is 5.73 Å². The molecule has 0 spiro atoms. The van der Waals surface area contributed by atoms with Gasteiger partial charge in [-0.25, -0.2) is 0 Å². The van der Waals surface area contributed by atoms with Crippen molar-refractivity contribution < 1.29 is 15.0 Å². The Kier molecular flexibility index (Phi) is 3.55. The van der Waals surface area contributed by atoms with Crippen LogP contribution in [0.5, 0.6) is 5.75 Å². The van der Waals surface area contributed by atoms with Crippen molar-refractivity contribution in [1.29, 1.82) is 0 Å². The molecule has 1 atom stereocenters. The monoisotopic (exact) mass is 229 g/mol. The van der Waals surface area contributed by atoms with E-state index in [2.05, 4.69) is 0 Å². The number of rotatable bonds is 3. The Hall–Kier alpha value is -1.26. The molecule has 1 unspecified atom stereocenters. The van der Waals surface area contributed by atoms with Gasteiger partial charge < -0.3 is 15.9 Å². The van der Waals surface area contributed by atoms with Crippen molar-refractivity contribution >= 4 is 17.6 Å². The van der Waals surface area contributed by atoms with Gasteiger partial charge in [0.1, 0.15) is 11.8 Å². The van der Waals surface area contributed by atoms with Crippen LogP contribution in [0, 0.1) is 6.92 Å². The summed E-state index contributed by atoms with van der Waals surface area (Å²) in [6, 6.07) is 2.12. The van der Waals surface area contributed by atoms with Gasteiger partial charge in [-0.05, 0) is 24.6 Å². The molecule has 0 amide bonds. The van der Waals surface area contributed by atoms with Crippen molar-refractivity contribution in [2.45, 2.75) is 19.4 Å². The lowest BCUT2D eigenvalue weighted by Crippen LogP contribution is -2.32. The molecule has 0 aliphatic heterocycles. The second kappa shape index (κ2) is 4.51. The Balaban J connectivity index is 3.00. The highest BCUT2D eigenvalue weighted by Crippen LogP contribution is 2.28. The molecule has 4 N–H and O–H groups in total. The van der Waals surface area contributed by atoms with Crippen LogP contribution in [0.25, 0.3) is 0 Å². The summed E-state index contributed by atoms with van der Waals surface area (Å²) >= 11 is 5.88. The number of phenolic OH excluding ortho intramolecular Hbond substituents is 1. The maximum absolute atomic E-state index is 10.5. The summed E-state index contributed by atoms with van der Waals surface area (Å²) in [7, 11) is 0. The smallest absolute Gasteiger partial charge is 0.320 e. The lowest BCUT2D eigenvalue weighted by atomic mass is 10.0. The zero-order valence-corrected chi connectivity index (χ0v) is 8.95. The number of carbonyl (C=O) groups is 1. The quantitative estimate of drug-likeness (QED) is 0.730. The summed E-state index contributed by atoms with van der Waals surface area (Å²) in [6.07, 6.45) is 0.0142. The number of phenols is 1. The van der Waals surface area contributed by atoms with E-state index in [0.717, 1.165) is 5.56 Å². The number of aryl methyl sites for hydroxylation is 1. The Bertz CT molecular complexity index is 369. The van der Waals surface area contributed by atoms with Crippen LogP contribution < -0.4 is 5.73 Å². The predicted octanol–water partition coefficient (Wildman–Crippen LogP) is 1.31. The summed E-state index contributed by atoms with van der Waals surface area (Å²) in [4.78, 5) is 10.5. The van der Waals surface area contributed by atoms with Crippen LogP contribution in [0.1, 0.15) is 11.1 Å². The first-order chi connectivity index (χ1) is 6.91. The third-order valence-corrected chi connectivity index (χ3v) is 2.39. The molecule has 0 heterocycles. The Morgan fingerprint density at radius 1 is 1.60 bits per heavy atom. The van der Waals surface area contributed by atoms with Crippen molar-refractivity contribution in [1.82, 2.24) is 0 Å². The lowest BCUT2D eigenvalue weighted by Gasteiger charge is -2.10. The first-order valence-electron chi connectivity index (χ1n) is 4.38. The summed E-state index contributed by atoms with van der Waals surface area (Å²) in [5.74, 6) is -1.14. The summed E-state index contributed by atoms with van der Waals surface area (Å²) in [6.45, 7) is 1.78. The van der Waals surface area contributed by atoms with E-state index in [9.17, 15) is 9.90 Å². The standard InChI is InChI=1S/C10H12ClNO3/c1-5-2-7(11)6(9(13)3-5)4-8(12)10(14)15/h2-3,8,13H,4,12H2,1H3,(H,14,15). The molecule has 0 bridgehead atoms. The number of nitrogens with two attached hydrogens (primary N) is 1. The van der Waals surface area contributed by atoms with Gasteiger partial charge in [-0.2, -0.15) is 0 Å². The molecule has 4 nitrogen and oxygen atoms in total. The second-order valence-electron chi connectivity index (χ2n) is 3.39. The minimum absolute atomic E-state index is 0.0142. The predicted molar refractivity (Wildman–Crippen MR) is 57.2 cm³/mol. The Morgan fingerprint density at radius 3 is 2.67 bits per heavy atom. The van der Waals surface area contributed by atoms with Crippen LogP contribution in [0.3, 0.4) is 0 Å². The third-order valence-electron chi connectivity index (χ3n) is 2.06. The molecule has 5 heteroatoms. The van der Waals surface area contributed by atoms with E-state index >= 15 is 0 Å². The van der Waals surface area contributed by atoms with Crippen LogP contribution >= 0.6 is 11.6 Å². The van der Waals surface area contributed by atoms with E-state index in [-0.39, 0.29) is 12.2 Å². The number of benzene rings is 1. The van der Waals surface area contributed by atoms with Gasteiger partial charge in [-0.3, -0.25) is 4.79 Å². The molecule has 0 saturated heterocycles. The molecule has 1 aromatic rings. The number of halogens is 1. The van der Waals surface area contributed by atoms with Crippen LogP contribution in [0.2, 0.25) is 5.02 Å². The Morgan fingerprint density at radius 2 is 2.20 bits per heavy atom. The van der Waals surface area contributed by atoms with Gasteiger partial charge in [-0.1, -0.05) is 11.6 Å². The average Bonchev–Trinajstić information content (AvgIpc) is 2.10. The largest absolute Gasteiger partial charge is 0.508 e. The number of carboxylic acids is 1. The topological polar surface area (TPSA) is 83.5 Å². The summed E-state index contributed by atoms with van der Waals surface area (Å²) < 4.78 is 0. The fourth-order valence-electron chi connectivity index (χ4n) is 1.26. The van der Waals surface area contributed by atoms with Crippen molar-refractivity contribution in [2.75, 3.05) is 0 Å². The molecular weight excluding hydrogens is 218 g/mol. The van der Waals surface area contributed by atoms with Gasteiger partial charge >= 0.3 is 5.97 Å². The lowest BCUT2D eigenvalue weighted by molar-refractivity contribution is -0.138. The first-order valence-corrected chi connectivity index (χ1v) is 4.76. The zero-order chi connectivity index (χ0) is 11.6. The van der Waals surface area contributed by atoms with Crippen LogP contribution in [-0.2, 0) is 11.2 Å². The fourth-order valence-corrected chi connectivity index (χ4v) is 1.61. The highest BCUT2D eigenvalue weighted by molar-refractivity contribution is 6.31. The fraction of sp³-hybridized carbons (Fsp3) is 0.300. The molecule has 82 valence electrons. The maximum atomic E-state index is 10.5. The van der Waals surface area contributed by atoms with E-state index in [0.29, 0.717) is 10.6 Å². The van der Waals surface area contributed by atoms with E-state index in [4.69, 9.17) is 22.4 Å². The van der Waals surface area contributed by atoms with E-state index < -0.39 is 12.0 Å². The zero-order valence-electron chi connectivity index (χ0n) is 8.20. The normalized spacial score (nSPS) is 12.5. The van der Waals surface area contributed by atoms with Crippen LogP contribution in [0.15, 0.2) is 12.1 Å². The van der Waals surface area contributed by atoms with Gasteiger partial charge in [0.25, 0.3) is 0 Å². The second-order valence-corrected chi connectivity index (χ2v) is 3.80. The molecule has 1 aromatic carbocycles. The van der Waals surface area contributed by atoms with Gasteiger partial charge in [0.2, 0.25) is 0 Å². The average molecular weight is 230 g/mol. The molecule has 0 saturated carbocycles. The van der Waals surface area contributed by atoms with Crippen molar-refractivity contribution in [3.8, 4) is 5.75 Å². The van der Waals surface area contributed by atoms with Crippen molar-refractivity contribution in [3.05, 3.63) is 28.3 Å². The number of hydrogen-bond donors (Lipinski definition) is 3.